The highest BCUT2D eigenvalue weighted by atomic mass is 16.6. The van der Waals surface area contributed by atoms with Gasteiger partial charge in [0.2, 0.25) is 11.8 Å². The molecule has 2 rings (SSSR count). The van der Waals surface area contributed by atoms with Crippen molar-refractivity contribution >= 4 is 25.0 Å². The maximum absolute atomic E-state index is 13.0. The summed E-state index contributed by atoms with van der Waals surface area (Å²) in [7, 11) is -1.79. The molecule has 0 aliphatic carbocycles. The predicted molar refractivity (Wildman–Crippen MR) is 127 cm³/mol. The Hall–Kier alpha value is -2.63. The molecule has 1 fully saturated rings. The second-order valence-electron chi connectivity index (χ2n) is 9.30. The van der Waals surface area contributed by atoms with Crippen molar-refractivity contribution in [1.82, 2.24) is 15.5 Å². The van der Waals surface area contributed by atoms with Gasteiger partial charge in [-0.2, -0.15) is 0 Å². The number of rotatable bonds is 10. The topological polar surface area (TPSA) is 137 Å². The van der Waals surface area contributed by atoms with Gasteiger partial charge in [-0.3, -0.25) is 9.59 Å². The van der Waals surface area contributed by atoms with E-state index in [1.165, 1.54) is 0 Å². The number of benzene rings is 1. The van der Waals surface area contributed by atoms with Crippen molar-refractivity contribution < 1.29 is 33.9 Å². The molecule has 1 saturated heterocycles. The summed E-state index contributed by atoms with van der Waals surface area (Å²) in [6.45, 7) is 6.67. The van der Waals surface area contributed by atoms with E-state index in [0.717, 1.165) is 5.56 Å². The van der Waals surface area contributed by atoms with Gasteiger partial charge in [0.25, 0.3) is 0 Å². The monoisotopic (exact) mass is 477 g/mol. The lowest BCUT2D eigenvalue weighted by molar-refractivity contribution is -0.138. The maximum Gasteiger partial charge on any atom is 0.475 e. The Bertz CT molecular complexity index is 796. The largest absolute Gasteiger partial charge is 0.475 e. The Morgan fingerprint density at radius 2 is 1.76 bits per heavy atom. The van der Waals surface area contributed by atoms with Crippen LogP contribution in [0.2, 0.25) is 0 Å². The number of nitrogens with zero attached hydrogens (tertiary/aromatic N) is 1. The molecule has 10 nitrogen and oxygen atoms in total. The molecule has 1 aromatic carbocycles. The van der Waals surface area contributed by atoms with Crippen LogP contribution in [0, 0.1) is 0 Å². The minimum Gasteiger partial charge on any atom is -0.444 e. The first kappa shape index (κ1) is 27.6. The Morgan fingerprint density at radius 3 is 2.35 bits per heavy atom. The molecule has 4 N–H and O–H groups in total. The molecule has 0 spiro atoms. The van der Waals surface area contributed by atoms with E-state index in [2.05, 4.69) is 10.6 Å². The highest BCUT2D eigenvalue weighted by Gasteiger charge is 2.32. The van der Waals surface area contributed by atoms with Crippen molar-refractivity contribution in [3.63, 3.8) is 0 Å². The first-order valence-corrected chi connectivity index (χ1v) is 11.6. The summed E-state index contributed by atoms with van der Waals surface area (Å²) in [6, 6.07) is 8.48. The first-order chi connectivity index (χ1) is 16.0. The molecule has 0 radical (unpaired) electrons. The van der Waals surface area contributed by atoms with Crippen LogP contribution in [0.15, 0.2) is 30.3 Å². The van der Waals surface area contributed by atoms with Gasteiger partial charge in [0.05, 0.1) is 25.6 Å². The molecule has 0 aromatic heterocycles. The molecule has 2 atom stereocenters. The van der Waals surface area contributed by atoms with Gasteiger partial charge in [-0.15, -0.1) is 0 Å². The summed E-state index contributed by atoms with van der Waals surface area (Å²) in [4.78, 5) is 39.6. The van der Waals surface area contributed by atoms with Gasteiger partial charge in [0.1, 0.15) is 11.6 Å². The van der Waals surface area contributed by atoms with E-state index in [1.54, 1.807) is 25.7 Å². The average Bonchev–Trinajstić information content (AvgIpc) is 2.77. The molecule has 1 unspecified atom stereocenters. The molecular formula is C23H36BN3O7. The first-order valence-electron chi connectivity index (χ1n) is 11.6. The Balaban J connectivity index is 2.02. The number of alkyl carbamates (subject to hydrolysis) is 1. The van der Waals surface area contributed by atoms with Gasteiger partial charge >= 0.3 is 13.2 Å². The van der Waals surface area contributed by atoms with E-state index >= 15 is 0 Å². The van der Waals surface area contributed by atoms with Gasteiger partial charge in [0.15, 0.2) is 0 Å². The minimum atomic E-state index is -1.79. The lowest BCUT2D eigenvalue weighted by atomic mass is 9.76. The fourth-order valence-electron chi connectivity index (χ4n) is 3.53. The van der Waals surface area contributed by atoms with Crippen LogP contribution in [-0.2, 0) is 25.5 Å². The standard InChI is InChI=1S/C23H36BN3O7/c1-23(2,3)34-22(30)25-18(16-20(28)27-12-14-33-15-13-27)21(29)26-19(24(31)32)11-7-10-17-8-5-4-6-9-17/h4-6,8-9,18-19,31-32H,7,10-16H2,1-3H3,(H,25,30)(H,26,29)/t18?,19-/m0/s1. The highest BCUT2D eigenvalue weighted by Crippen LogP contribution is 2.11. The van der Waals surface area contributed by atoms with E-state index in [9.17, 15) is 24.4 Å². The Morgan fingerprint density at radius 1 is 1.12 bits per heavy atom. The van der Waals surface area contributed by atoms with Crippen molar-refractivity contribution in [2.24, 2.45) is 0 Å². The zero-order chi connectivity index (χ0) is 25.1. The summed E-state index contributed by atoms with van der Waals surface area (Å²) in [5.41, 5.74) is 0.307. The highest BCUT2D eigenvalue weighted by molar-refractivity contribution is 6.43. The lowest BCUT2D eigenvalue weighted by Crippen LogP contribution is -2.56. The van der Waals surface area contributed by atoms with E-state index in [0.29, 0.717) is 45.6 Å². The molecule has 1 aliphatic heterocycles. The van der Waals surface area contributed by atoms with Gasteiger partial charge < -0.3 is 35.1 Å². The summed E-state index contributed by atoms with van der Waals surface area (Å²) in [6.07, 6.45) is 0.476. The number of carbonyl (C=O) groups is 3. The third-order valence-corrected chi connectivity index (χ3v) is 5.26. The fraction of sp³-hybridized carbons (Fsp3) is 0.609. The third-order valence-electron chi connectivity index (χ3n) is 5.26. The Labute approximate surface area is 201 Å². The number of carbonyl (C=O) groups excluding carboxylic acids is 3. The van der Waals surface area contributed by atoms with Crippen LogP contribution in [-0.4, -0.2) is 83.9 Å². The van der Waals surface area contributed by atoms with Crippen molar-refractivity contribution in [1.29, 1.82) is 0 Å². The van der Waals surface area contributed by atoms with Gasteiger partial charge in [-0.05, 0) is 45.6 Å². The van der Waals surface area contributed by atoms with Crippen molar-refractivity contribution in [3.8, 4) is 0 Å². The molecular weight excluding hydrogens is 441 g/mol. The van der Waals surface area contributed by atoms with Crippen molar-refractivity contribution in [2.45, 2.75) is 64.0 Å². The number of hydrogen-bond donors (Lipinski definition) is 4. The van der Waals surface area contributed by atoms with Crippen LogP contribution in [0.4, 0.5) is 4.79 Å². The van der Waals surface area contributed by atoms with Crippen LogP contribution in [0.1, 0.15) is 45.6 Å². The lowest BCUT2D eigenvalue weighted by Gasteiger charge is -2.29. The normalized spacial score (nSPS) is 15.7. The van der Waals surface area contributed by atoms with Gasteiger partial charge in [-0.1, -0.05) is 30.3 Å². The molecule has 3 amide bonds. The van der Waals surface area contributed by atoms with E-state index < -0.39 is 36.7 Å². The SMILES string of the molecule is CC(C)(C)OC(=O)NC(CC(=O)N1CCOCC1)C(=O)N[C@@H](CCCc1ccccc1)B(O)O. The molecule has 34 heavy (non-hydrogen) atoms. The van der Waals surface area contributed by atoms with Crippen molar-refractivity contribution in [2.75, 3.05) is 26.3 Å². The van der Waals surface area contributed by atoms with Crippen LogP contribution in [0.3, 0.4) is 0 Å². The van der Waals surface area contributed by atoms with Gasteiger partial charge in [0, 0.05) is 13.1 Å². The summed E-state index contributed by atoms with van der Waals surface area (Å²) < 4.78 is 10.5. The van der Waals surface area contributed by atoms with E-state index in [1.807, 2.05) is 30.3 Å². The average molecular weight is 477 g/mol. The molecule has 11 heteroatoms. The zero-order valence-corrected chi connectivity index (χ0v) is 20.2. The second kappa shape index (κ2) is 13.3. The zero-order valence-electron chi connectivity index (χ0n) is 20.2. The molecule has 1 aliphatic rings. The smallest absolute Gasteiger partial charge is 0.444 e. The fourth-order valence-corrected chi connectivity index (χ4v) is 3.53. The minimum absolute atomic E-state index is 0.288. The molecule has 188 valence electrons. The maximum atomic E-state index is 13.0. The number of hydrogen-bond acceptors (Lipinski definition) is 7. The Kier molecular flexibility index (Phi) is 10.8. The second-order valence-corrected chi connectivity index (χ2v) is 9.30. The van der Waals surface area contributed by atoms with Crippen LogP contribution >= 0.6 is 0 Å². The number of morpholine rings is 1. The number of aryl methyl sites for hydroxylation is 1. The third kappa shape index (κ3) is 10.1. The van der Waals surface area contributed by atoms with Crippen molar-refractivity contribution in [3.05, 3.63) is 35.9 Å². The van der Waals surface area contributed by atoms with Crippen LogP contribution < -0.4 is 10.6 Å². The summed E-state index contributed by atoms with van der Waals surface area (Å²) in [5, 5.41) is 24.6. The number of ether oxygens (including phenoxy) is 2. The molecule has 1 heterocycles. The molecule has 1 aromatic rings. The van der Waals surface area contributed by atoms with Gasteiger partial charge in [-0.25, -0.2) is 4.79 Å². The van der Waals surface area contributed by atoms with E-state index in [4.69, 9.17) is 9.47 Å². The number of nitrogens with one attached hydrogen (secondary N) is 2. The quantitative estimate of drug-likeness (QED) is 0.363. The summed E-state index contributed by atoms with van der Waals surface area (Å²) >= 11 is 0. The summed E-state index contributed by atoms with van der Waals surface area (Å²) in [5.74, 6) is -1.97. The van der Waals surface area contributed by atoms with Crippen LogP contribution in [0.25, 0.3) is 0 Å². The van der Waals surface area contributed by atoms with Crippen LogP contribution in [0.5, 0.6) is 0 Å². The van der Waals surface area contributed by atoms with E-state index in [-0.39, 0.29) is 12.3 Å². The predicted octanol–water partition coefficient (Wildman–Crippen LogP) is 0.648. The molecule has 0 saturated carbocycles. The number of amides is 3. The molecule has 0 bridgehead atoms.